The van der Waals surface area contributed by atoms with Crippen LogP contribution in [0.4, 0.5) is 5.69 Å². The Hall–Kier alpha value is -4.08. The highest BCUT2D eigenvalue weighted by Gasteiger charge is 2.55. The third kappa shape index (κ3) is 3.21. The van der Waals surface area contributed by atoms with Crippen LogP contribution in [0.1, 0.15) is 11.5 Å². The predicted molar refractivity (Wildman–Crippen MR) is 108 cm³/mol. The van der Waals surface area contributed by atoms with Gasteiger partial charge in [0.1, 0.15) is 12.3 Å². The van der Waals surface area contributed by atoms with E-state index in [1.807, 2.05) is 31.2 Å². The van der Waals surface area contributed by atoms with Gasteiger partial charge in [0.2, 0.25) is 11.7 Å². The zero-order valence-corrected chi connectivity index (χ0v) is 16.8. The van der Waals surface area contributed by atoms with Gasteiger partial charge < -0.3 is 9.26 Å². The maximum atomic E-state index is 13.1. The van der Waals surface area contributed by atoms with E-state index in [-0.39, 0.29) is 12.4 Å². The lowest BCUT2D eigenvalue weighted by molar-refractivity contribution is -0.123. The molecule has 0 unspecified atom stereocenters. The average Bonchev–Trinajstić information content (AvgIpc) is 3.47. The number of rotatable bonds is 5. The van der Waals surface area contributed by atoms with Crippen molar-refractivity contribution in [1.82, 2.24) is 15.1 Å². The number of fused-ring (bicyclic) bond motifs is 1. The molecule has 0 bridgehead atoms. The molecule has 0 spiro atoms. The number of aryl methyl sites for hydroxylation is 1. The molecule has 0 aliphatic carbocycles. The van der Waals surface area contributed by atoms with Crippen LogP contribution in [0.3, 0.4) is 0 Å². The molecule has 1 saturated heterocycles. The van der Waals surface area contributed by atoms with E-state index in [4.69, 9.17) is 9.26 Å². The van der Waals surface area contributed by atoms with Crippen LogP contribution in [0.2, 0.25) is 0 Å². The second-order valence-electron chi connectivity index (χ2n) is 7.28. The topological polar surface area (TPSA) is 113 Å². The molecule has 156 valence electrons. The largest absolute Gasteiger partial charge is 0.497 e. The minimum absolute atomic E-state index is 0.0640. The Balaban J connectivity index is 1.36. The van der Waals surface area contributed by atoms with Gasteiger partial charge in [-0.05, 0) is 19.1 Å². The van der Waals surface area contributed by atoms with Gasteiger partial charge in [0.05, 0.1) is 12.8 Å². The number of nitrogens with zero attached hydrogens (tertiary/aromatic N) is 6. The summed E-state index contributed by atoms with van der Waals surface area (Å²) in [4.78, 5) is 31.4. The molecule has 0 N–H and O–H groups in total. The van der Waals surface area contributed by atoms with Crippen molar-refractivity contribution in [2.45, 2.75) is 25.6 Å². The van der Waals surface area contributed by atoms with Crippen LogP contribution < -0.4 is 9.64 Å². The normalized spacial score (nSPS) is 19.9. The predicted octanol–water partition coefficient (Wildman–Crippen LogP) is 2.55. The van der Waals surface area contributed by atoms with Gasteiger partial charge in [-0.3, -0.25) is 14.6 Å². The van der Waals surface area contributed by atoms with Crippen molar-refractivity contribution in [2.24, 2.45) is 10.3 Å². The lowest BCUT2D eigenvalue weighted by Crippen LogP contribution is -2.39. The maximum absolute atomic E-state index is 13.1. The average molecular weight is 418 g/mol. The summed E-state index contributed by atoms with van der Waals surface area (Å²) in [5.74, 6) is 0.416. The molecular weight excluding hydrogens is 400 g/mol. The number of aromatic nitrogens is 2. The Morgan fingerprint density at radius 3 is 2.68 bits per heavy atom. The highest BCUT2D eigenvalue weighted by Crippen LogP contribution is 2.34. The SMILES string of the molecule is COc1cccc(N2C(=O)[C@H]3N=NN(Cc4nc(-c5ccc(C)cc5)no4)[C@@H]3C2=O)c1. The summed E-state index contributed by atoms with van der Waals surface area (Å²) in [6, 6.07) is 12.7. The van der Waals surface area contributed by atoms with Gasteiger partial charge in [-0.2, -0.15) is 10.1 Å². The van der Waals surface area contributed by atoms with Crippen molar-refractivity contribution in [3.05, 3.63) is 60.0 Å². The van der Waals surface area contributed by atoms with E-state index in [0.717, 1.165) is 16.0 Å². The van der Waals surface area contributed by atoms with Gasteiger partial charge in [0.15, 0.2) is 12.1 Å². The first-order chi connectivity index (χ1) is 15.0. The Morgan fingerprint density at radius 2 is 1.90 bits per heavy atom. The smallest absolute Gasteiger partial charge is 0.263 e. The molecular formula is C21H18N6O4. The van der Waals surface area contributed by atoms with Crippen LogP contribution in [0.25, 0.3) is 11.4 Å². The van der Waals surface area contributed by atoms with Crippen LogP contribution in [0.15, 0.2) is 63.4 Å². The van der Waals surface area contributed by atoms with Crippen molar-refractivity contribution in [3.63, 3.8) is 0 Å². The van der Waals surface area contributed by atoms with Gasteiger partial charge in [0, 0.05) is 11.6 Å². The van der Waals surface area contributed by atoms with Gasteiger partial charge in [-0.15, -0.1) is 0 Å². The molecule has 1 aromatic heterocycles. The van der Waals surface area contributed by atoms with Gasteiger partial charge in [-0.25, -0.2) is 4.90 Å². The van der Waals surface area contributed by atoms with Gasteiger partial charge >= 0.3 is 0 Å². The highest BCUT2D eigenvalue weighted by atomic mass is 16.5. The number of ether oxygens (including phenoxy) is 1. The van der Waals surface area contributed by atoms with Crippen LogP contribution in [0.5, 0.6) is 5.75 Å². The minimum atomic E-state index is -0.904. The Labute approximate surface area is 177 Å². The van der Waals surface area contributed by atoms with E-state index >= 15 is 0 Å². The number of carbonyl (C=O) groups excluding carboxylic acids is 2. The summed E-state index contributed by atoms with van der Waals surface area (Å²) in [5.41, 5.74) is 2.37. The molecule has 3 aromatic rings. The third-order valence-electron chi connectivity index (χ3n) is 5.24. The van der Waals surface area contributed by atoms with E-state index in [0.29, 0.717) is 17.3 Å². The monoisotopic (exact) mass is 418 g/mol. The minimum Gasteiger partial charge on any atom is -0.497 e. The fourth-order valence-corrected chi connectivity index (χ4v) is 3.64. The molecule has 2 aliphatic heterocycles. The van der Waals surface area contributed by atoms with Crippen LogP contribution in [-0.2, 0) is 16.1 Å². The molecule has 0 saturated carbocycles. The molecule has 0 radical (unpaired) electrons. The van der Waals surface area contributed by atoms with E-state index < -0.39 is 23.9 Å². The van der Waals surface area contributed by atoms with E-state index in [2.05, 4.69) is 20.5 Å². The molecule has 3 heterocycles. The first-order valence-corrected chi connectivity index (χ1v) is 9.64. The zero-order chi connectivity index (χ0) is 21.5. The number of hydrogen-bond acceptors (Lipinski definition) is 9. The molecule has 2 aliphatic rings. The maximum Gasteiger partial charge on any atom is 0.263 e. The van der Waals surface area contributed by atoms with E-state index in [1.165, 1.54) is 12.1 Å². The number of carbonyl (C=O) groups is 2. The van der Waals surface area contributed by atoms with Gasteiger partial charge in [-0.1, -0.05) is 46.3 Å². The molecule has 5 rings (SSSR count). The summed E-state index contributed by atoms with van der Waals surface area (Å²) in [7, 11) is 1.52. The Morgan fingerprint density at radius 1 is 1.10 bits per heavy atom. The zero-order valence-electron chi connectivity index (χ0n) is 16.8. The molecule has 2 aromatic carbocycles. The molecule has 2 atom stereocenters. The summed E-state index contributed by atoms with van der Waals surface area (Å²) in [6.45, 7) is 2.06. The van der Waals surface area contributed by atoms with Crippen LogP contribution in [-0.4, -0.2) is 46.2 Å². The van der Waals surface area contributed by atoms with Crippen LogP contribution >= 0.6 is 0 Å². The highest BCUT2D eigenvalue weighted by molar-refractivity contribution is 6.25. The number of methoxy groups -OCH3 is 1. The van der Waals surface area contributed by atoms with Crippen LogP contribution in [0, 0.1) is 6.92 Å². The first kappa shape index (κ1) is 18.9. The van der Waals surface area contributed by atoms with Crippen molar-refractivity contribution in [3.8, 4) is 17.1 Å². The number of benzene rings is 2. The molecule has 10 nitrogen and oxygen atoms in total. The number of imide groups is 1. The number of amides is 2. The van der Waals surface area contributed by atoms with Gasteiger partial charge in [0.25, 0.3) is 11.8 Å². The number of hydrogen-bond donors (Lipinski definition) is 0. The quantitative estimate of drug-likeness (QED) is 0.585. The Bertz CT molecular complexity index is 1190. The second kappa shape index (κ2) is 7.31. The molecule has 1 fully saturated rings. The second-order valence-corrected chi connectivity index (χ2v) is 7.28. The summed E-state index contributed by atoms with van der Waals surface area (Å²) < 4.78 is 10.5. The fraction of sp³-hybridized carbons (Fsp3) is 0.238. The van der Waals surface area contributed by atoms with Crippen molar-refractivity contribution < 1.29 is 18.8 Å². The molecule has 10 heteroatoms. The molecule has 2 amide bonds. The lowest BCUT2D eigenvalue weighted by Gasteiger charge is -2.19. The Kier molecular flexibility index (Phi) is 4.46. The lowest BCUT2D eigenvalue weighted by atomic mass is 10.1. The third-order valence-corrected chi connectivity index (χ3v) is 5.24. The summed E-state index contributed by atoms with van der Waals surface area (Å²) >= 11 is 0. The molecule has 31 heavy (non-hydrogen) atoms. The summed E-state index contributed by atoms with van der Waals surface area (Å²) in [6.07, 6.45) is 0. The van der Waals surface area contributed by atoms with Crippen molar-refractivity contribution in [1.29, 1.82) is 0 Å². The van der Waals surface area contributed by atoms with Crippen molar-refractivity contribution in [2.75, 3.05) is 12.0 Å². The number of anilines is 1. The fourth-order valence-electron chi connectivity index (χ4n) is 3.64. The first-order valence-electron chi connectivity index (χ1n) is 9.64. The standard InChI is InChI=1S/C21H18N6O4/c1-12-6-8-13(9-7-12)19-22-16(31-24-19)11-26-18-17(23-25-26)20(28)27(21(18)29)14-4-3-5-15(10-14)30-2/h3-10,17-18H,11H2,1-2H3/t17-,18-/m0/s1. The summed E-state index contributed by atoms with van der Waals surface area (Å²) in [5, 5.41) is 13.4. The van der Waals surface area contributed by atoms with E-state index in [9.17, 15) is 9.59 Å². The van der Waals surface area contributed by atoms with Crippen molar-refractivity contribution >= 4 is 17.5 Å². The van der Waals surface area contributed by atoms with E-state index in [1.54, 1.807) is 24.3 Å².